The number of benzene rings is 1. The molecule has 2 nitrogen and oxygen atoms in total. The molecule has 0 unspecified atom stereocenters. The van der Waals surface area contributed by atoms with E-state index in [0.717, 1.165) is 11.1 Å². The van der Waals surface area contributed by atoms with Crippen LogP contribution in [-0.2, 0) is 5.60 Å². The number of halogens is 1. The quantitative estimate of drug-likeness (QED) is 0.752. The van der Waals surface area contributed by atoms with E-state index in [2.05, 4.69) is 0 Å². The zero-order chi connectivity index (χ0) is 10.5. The smallest absolute Gasteiger partial charge is 0.140 e. The molecule has 0 heterocycles. The number of rotatable bonds is 1. The second-order valence-electron chi connectivity index (χ2n) is 4.08. The molecule has 0 saturated heterocycles. The van der Waals surface area contributed by atoms with Gasteiger partial charge in [-0.3, -0.25) is 0 Å². The summed E-state index contributed by atoms with van der Waals surface area (Å²) in [5, 5.41) is 20.2. The zero-order valence-electron chi connectivity index (χ0n) is 8.26. The summed E-state index contributed by atoms with van der Waals surface area (Å²) in [6.07, 6.45) is 1.42. The van der Waals surface area contributed by atoms with Gasteiger partial charge in [0.1, 0.15) is 5.75 Å². The highest BCUT2D eigenvalue weighted by atomic mass is 35.5. The molecule has 3 heteroatoms. The first-order chi connectivity index (χ1) is 6.46. The van der Waals surface area contributed by atoms with E-state index in [4.69, 9.17) is 11.6 Å². The van der Waals surface area contributed by atoms with Crippen molar-refractivity contribution >= 4 is 11.6 Å². The molecule has 0 amide bonds. The van der Waals surface area contributed by atoms with Crippen LogP contribution in [0.4, 0.5) is 0 Å². The summed E-state index contributed by atoms with van der Waals surface area (Å²) in [4.78, 5) is 0. The average molecular weight is 213 g/mol. The molecule has 0 bridgehead atoms. The minimum atomic E-state index is -0.828. The lowest BCUT2D eigenvalue weighted by Crippen LogP contribution is -2.07. The number of hydrogen-bond acceptors (Lipinski definition) is 2. The fourth-order valence-corrected chi connectivity index (χ4v) is 2.05. The standard InChI is InChI=1S/C11H13ClO2/c1-6-5-7(2)9(12)10(13)8(6)11(14)3-4-11/h5,13-14H,3-4H2,1-2H3. The highest BCUT2D eigenvalue weighted by Gasteiger charge is 2.45. The van der Waals surface area contributed by atoms with Crippen LogP contribution in [-0.4, -0.2) is 10.2 Å². The molecule has 2 N–H and O–H groups in total. The molecule has 0 atom stereocenters. The van der Waals surface area contributed by atoms with Gasteiger partial charge in [-0.25, -0.2) is 0 Å². The van der Waals surface area contributed by atoms with Crippen molar-refractivity contribution in [3.63, 3.8) is 0 Å². The van der Waals surface area contributed by atoms with Gasteiger partial charge in [0.2, 0.25) is 0 Å². The second-order valence-corrected chi connectivity index (χ2v) is 4.46. The van der Waals surface area contributed by atoms with Crippen molar-refractivity contribution in [3.05, 3.63) is 27.8 Å². The van der Waals surface area contributed by atoms with Crippen molar-refractivity contribution in [1.29, 1.82) is 0 Å². The van der Waals surface area contributed by atoms with E-state index in [1.165, 1.54) is 0 Å². The molecule has 1 fully saturated rings. The molecule has 0 aromatic heterocycles. The van der Waals surface area contributed by atoms with Crippen LogP contribution in [0.3, 0.4) is 0 Å². The Kier molecular flexibility index (Phi) is 2.02. The highest BCUT2D eigenvalue weighted by molar-refractivity contribution is 6.33. The molecule has 1 aromatic rings. The van der Waals surface area contributed by atoms with E-state index in [9.17, 15) is 10.2 Å². The van der Waals surface area contributed by atoms with Crippen molar-refractivity contribution in [2.24, 2.45) is 0 Å². The SMILES string of the molecule is Cc1cc(C)c(C2(O)CC2)c(O)c1Cl. The normalized spacial score (nSPS) is 18.3. The van der Waals surface area contributed by atoms with Gasteiger partial charge in [-0.1, -0.05) is 17.7 Å². The molecule has 76 valence electrons. The van der Waals surface area contributed by atoms with Gasteiger partial charge in [0.15, 0.2) is 0 Å². The Morgan fingerprint density at radius 1 is 1.29 bits per heavy atom. The average Bonchev–Trinajstić information content (AvgIpc) is 2.80. The first kappa shape index (κ1) is 9.81. The fourth-order valence-electron chi connectivity index (χ4n) is 1.90. The van der Waals surface area contributed by atoms with Gasteiger partial charge in [-0.2, -0.15) is 0 Å². The minimum absolute atomic E-state index is 0.0455. The third-order valence-corrected chi connectivity index (χ3v) is 3.28. The van der Waals surface area contributed by atoms with Crippen molar-refractivity contribution in [2.75, 3.05) is 0 Å². The second kappa shape index (κ2) is 2.88. The third kappa shape index (κ3) is 1.30. The Morgan fingerprint density at radius 2 is 1.86 bits per heavy atom. The lowest BCUT2D eigenvalue weighted by atomic mass is 9.98. The van der Waals surface area contributed by atoms with Gasteiger partial charge in [-0.05, 0) is 37.8 Å². The van der Waals surface area contributed by atoms with Gasteiger partial charge < -0.3 is 10.2 Å². The predicted molar refractivity (Wildman–Crippen MR) is 55.7 cm³/mol. The Morgan fingerprint density at radius 3 is 2.36 bits per heavy atom. The molecule has 14 heavy (non-hydrogen) atoms. The van der Waals surface area contributed by atoms with Crippen molar-refractivity contribution in [3.8, 4) is 5.75 Å². The summed E-state index contributed by atoms with van der Waals surface area (Å²) >= 11 is 5.93. The number of phenolic OH excluding ortho intramolecular Hbond substituents is 1. The van der Waals surface area contributed by atoms with E-state index in [1.54, 1.807) is 0 Å². The summed E-state index contributed by atoms with van der Waals surface area (Å²) < 4.78 is 0. The van der Waals surface area contributed by atoms with E-state index in [1.807, 2.05) is 19.9 Å². The summed E-state index contributed by atoms with van der Waals surface area (Å²) in [6.45, 7) is 3.73. The maximum absolute atomic E-state index is 9.96. The Bertz CT molecular complexity index is 395. The molecule has 1 aliphatic rings. The number of aryl methyl sites for hydroxylation is 2. The summed E-state index contributed by atoms with van der Waals surface area (Å²) in [7, 11) is 0. The van der Waals surface area contributed by atoms with E-state index in [0.29, 0.717) is 23.4 Å². The fraction of sp³-hybridized carbons (Fsp3) is 0.455. The minimum Gasteiger partial charge on any atom is -0.506 e. The Hall–Kier alpha value is -0.730. The van der Waals surface area contributed by atoms with Gasteiger partial charge in [0, 0.05) is 5.56 Å². The van der Waals surface area contributed by atoms with Crippen LogP contribution in [0.15, 0.2) is 6.07 Å². The molecule has 1 aliphatic carbocycles. The first-order valence-corrected chi connectivity index (χ1v) is 5.05. The lowest BCUT2D eigenvalue weighted by molar-refractivity contribution is 0.147. The number of phenols is 1. The van der Waals surface area contributed by atoms with Gasteiger partial charge in [0.05, 0.1) is 10.6 Å². The summed E-state index contributed by atoms with van der Waals surface area (Å²) in [5.41, 5.74) is 1.53. The monoisotopic (exact) mass is 212 g/mol. The number of aliphatic hydroxyl groups is 1. The van der Waals surface area contributed by atoms with Crippen LogP contribution in [0.1, 0.15) is 29.5 Å². The molecular weight excluding hydrogens is 200 g/mol. The van der Waals surface area contributed by atoms with E-state index < -0.39 is 5.60 Å². The van der Waals surface area contributed by atoms with Gasteiger partial charge in [-0.15, -0.1) is 0 Å². The van der Waals surface area contributed by atoms with Crippen LogP contribution in [0.5, 0.6) is 5.75 Å². The van der Waals surface area contributed by atoms with Crippen LogP contribution < -0.4 is 0 Å². The maximum Gasteiger partial charge on any atom is 0.140 e. The number of hydrogen-bond donors (Lipinski definition) is 2. The topological polar surface area (TPSA) is 40.5 Å². The molecular formula is C11H13ClO2. The third-order valence-electron chi connectivity index (χ3n) is 2.81. The molecule has 0 aliphatic heterocycles. The number of aromatic hydroxyl groups is 1. The summed E-state index contributed by atoms with van der Waals surface area (Å²) in [6, 6.07) is 1.90. The van der Waals surface area contributed by atoms with Crippen LogP contribution in [0, 0.1) is 13.8 Å². The molecule has 1 saturated carbocycles. The Balaban J connectivity index is 2.65. The zero-order valence-corrected chi connectivity index (χ0v) is 9.02. The van der Waals surface area contributed by atoms with Gasteiger partial charge >= 0.3 is 0 Å². The molecule has 1 aromatic carbocycles. The van der Waals surface area contributed by atoms with Gasteiger partial charge in [0.25, 0.3) is 0 Å². The molecule has 0 radical (unpaired) electrons. The van der Waals surface area contributed by atoms with E-state index >= 15 is 0 Å². The maximum atomic E-state index is 9.96. The Labute approximate surface area is 88.1 Å². The lowest BCUT2D eigenvalue weighted by Gasteiger charge is -2.16. The largest absolute Gasteiger partial charge is 0.506 e. The highest BCUT2D eigenvalue weighted by Crippen LogP contribution is 2.51. The van der Waals surface area contributed by atoms with Crippen molar-refractivity contribution < 1.29 is 10.2 Å². The van der Waals surface area contributed by atoms with Crippen LogP contribution in [0.25, 0.3) is 0 Å². The van der Waals surface area contributed by atoms with E-state index in [-0.39, 0.29) is 5.75 Å². The van der Waals surface area contributed by atoms with Crippen molar-refractivity contribution in [2.45, 2.75) is 32.3 Å². The first-order valence-electron chi connectivity index (χ1n) is 4.67. The predicted octanol–water partition coefficient (Wildman–Crippen LogP) is 2.64. The summed E-state index contributed by atoms with van der Waals surface area (Å²) in [5.74, 6) is 0.0455. The molecule has 0 spiro atoms. The van der Waals surface area contributed by atoms with Crippen LogP contribution in [0.2, 0.25) is 5.02 Å². The van der Waals surface area contributed by atoms with Crippen LogP contribution >= 0.6 is 11.6 Å². The molecule has 2 rings (SSSR count). The van der Waals surface area contributed by atoms with Crippen molar-refractivity contribution in [1.82, 2.24) is 0 Å².